The molecule has 0 radical (unpaired) electrons. The van der Waals surface area contributed by atoms with E-state index in [4.69, 9.17) is 15.3 Å². The van der Waals surface area contributed by atoms with Gasteiger partial charge in [0.05, 0.1) is 19.3 Å². The Hall–Kier alpha value is -0.160. The van der Waals surface area contributed by atoms with Gasteiger partial charge in [-0.3, -0.25) is 0 Å². The first-order valence-electron chi connectivity index (χ1n) is 4.79. The molecule has 0 saturated heterocycles. The Balaban J connectivity index is 3.95. The monoisotopic (exact) mass is 191 g/mol. The van der Waals surface area contributed by atoms with Gasteiger partial charge in [0.25, 0.3) is 0 Å². The molecule has 0 heterocycles. The molecule has 0 fully saturated rings. The highest BCUT2D eigenvalue weighted by Crippen LogP contribution is 2.13. The number of hydrogen-bond acceptors (Lipinski definition) is 4. The van der Waals surface area contributed by atoms with E-state index in [0.29, 0.717) is 6.54 Å². The second-order valence-electron chi connectivity index (χ2n) is 3.36. The first-order chi connectivity index (χ1) is 6.14. The molecule has 80 valence electrons. The maximum absolute atomic E-state index is 9.16. The Labute approximate surface area is 79.6 Å². The SMILES string of the molecule is CCC(CC)(CO)NCC(O)CO. The second kappa shape index (κ2) is 6.32. The fourth-order valence-corrected chi connectivity index (χ4v) is 1.18. The summed E-state index contributed by atoms with van der Waals surface area (Å²) in [6.45, 7) is 4.09. The molecular weight excluding hydrogens is 170 g/mol. The predicted molar refractivity (Wildman–Crippen MR) is 51.5 cm³/mol. The van der Waals surface area contributed by atoms with Crippen molar-refractivity contribution in [3.8, 4) is 0 Å². The topological polar surface area (TPSA) is 72.7 Å². The fraction of sp³-hybridized carbons (Fsp3) is 1.00. The van der Waals surface area contributed by atoms with Gasteiger partial charge in [-0.2, -0.15) is 0 Å². The average Bonchev–Trinajstić information content (AvgIpc) is 2.20. The van der Waals surface area contributed by atoms with Crippen LogP contribution in [0.4, 0.5) is 0 Å². The van der Waals surface area contributed by atoms with E-state index in [-0.39, 0.29) is 18.8 Å². The molecule has 4 nitrogen and oxygen atoms in total. The molecule has 0 aliphatic carbocycles. The third kappa shape index (κ3) is 4.04. The van der Waals surface area contributed by atoms with Crippen LogP contribution in [-0.2, 0) is 0 Å². The van der Waals surface area contributed by atoms with Crippen molar-refractivity contribution in [2.45, 2.75) is 38.3 Å². The third-order valence-corrected chi connectivity index (χ3v) is 2.58. The highest BCUT2D eigenvalue weighted by atomic mass is 16.3. The summed E-state index contributed by atoms with van der Waals surface area (Å²) < 4.78 is 0. The minimum absolute atomic E-state index is 0.0537. The van der Waals surface area contributed by atoms with Gasteiger partial charge in [0.2, 0.25) is 0 Å². The van der Waals surface area contributed by atoms with E-state index in [1.807, 2.05) is 13.8 Å². The van der Waals surface area contributed by atoms with Gasteiger partial charge in [-0.25, -0.2) is 0 Å². The first kappa shape index (κ1) is 12.8. The van der Waals surface area contributed by atoms with Gasteiger partial charge in [0.1, 0.15) is 0 Å². The second-order valence-corrected chi connectivity index (χ2v) is 3.36. The van der Waals surface area contributed by atoms with Gasteiger partial charge >= 0.3 is 0 Å². The first-order valence-corrected chi connectivity index (χ1v) is 4.79. The van der Waals surface area contributed by atoms with Crippen LogP contribution in [0.2, 0.25) is 0 Å². The molecule has 4 heteroatoms. The smallest absolute Gasteiger partial charge is 0.0895 e. The van der Waals surface area contributed by atoms with Crippen molar-refractivity contribution in [1.82, 2.24) is 5.32 Å². The molecule has 0 aliphatic rings. The van der Waals surface area contributed by atoms with Crippen LogP contribution in [0, 0.1) is 0 Å². The van der Waals surface area contributed by atoms with Gasteiger partial charge < -0.3 is 20.6 Å². The summed E-state index contributed by atoms with van der Waals surface area (Å²) >= 11 is 0. The summed E-state index contributed by atoms with van der Waals surface area (Å²) in [6, 6.07) is 0. The average molecular weight is 191 g/mol. The van der Waals surface area contributed by atoms with E-state index < -0.39 is 6.10 Å². The lowest BCUT2D eigenvalue weighted by Gasteiger charge is -2.31. The lowest BCUT2D eigenvalue weighted by atomic mass is 9.94. The Morgan fingerprint density at radius 1 is 1.23 bits per heavy atom. The van der Waals surface area contributed by atoms with Crippen LogP contribution in [-0.4, -0.2) is 46.7 Å². The summed E-state index contributed by atoms with van der Waals surface area (Å²) in [5.74, 6) is 0. The molecule has 0 amide bonds. The van der Waals surface area contributed by atoms with Crippen molar-refractivity contribution in [1.29, 1.82) is 0 Å². The van der Waals surface area contributed by atoms with Crippen molar-refractivity contribution >= 4 is 0 Å². The van der Waals surface area contributed by atoms with E-state index in [1.165, 1.54) is 0 Å². The molecule has 0 aromatic rings. The zero-order valence-electron chi connectivity index (χ0n) is 8.45. The molecule has 13 heavy (non-hydrogen) atoms. The van der Waals surface area contributed by atoms with Crippen molar-refractivity contribution in [3.63, 3.8) is 0 Å². The van der Waals surface area contributed by atoms with Crippen molar-refractivity contribution in [2.75, 3.05) is 19.8 Å². The number of nitrogens with one attached hydrogen (secondary N) is 1. The zero-order valence-corrected chi connectivity index (χ0v) is 8.45. The lowest BCUT2D eigenvalue weighted by Crippen LogP contribution is -2.50. The van der Waals surface area contributed by atoms with E-state index in [9.17, 15) is 0 Å². The van der Waals surface area contributed by atoms with Crippen LogP contribution in [0.1, 0.15) is 26.7 Å². The fourth-order valence-electron chi connectivity index (χ4n) is 1.18. The number of hydrogen-bond donors (Lipinski definition) is 4. The lowest BCUT2D eigenvalue weighted by molar-refractivity contribution is 0.0730. The molecular formula is C9H21NO3. The number of rotatable bonds is 7. The molecule has 1 atom stereocenters. The molecule has 0 rings (SSSR count). The van der Waals surface area contributed by atoms with Gasteiger partial charge in [-0.1, -0.05) is 13.8 Å². The van der Waals surface area contributed by atoms with Crippen LogP contribution >= 0.6 is 0 Å². The standard InChI is InChI=1S/C9H21NO3/c1-3-9(4-2,7-12)10-5-8(13)6-11/h8,10-13H,3-7H2,1-2H3. The van der Waals surface area contributed by atoms with Crippen LogP contribution < -0.4 is 5.32 Å². The molecule has 0 bridgehead atoms. The summed E-state index contributed by atoms with van der Waals surface area (Å²) in [6.07, 6.45) is 0.861. The molecule has 0 spiro atoms. The summed E-state index contributed by atoms with van der Waals surface area (Å²) in [5, 5.41) is 29.9. The number of aliphatic hydroxyl groups excluding tert-OH is 3. The quantitative estimate of drug-likeness (QED) is 0.437. The van der Waals surface area contributed by atoms with E-state index in [2.05, 4.69) is 5.32 Å². The largest absolute Gasteiger partial charge is 0.394 e. The van der Waals surface area contributed by atoms with Crippen LogP contribution in [0.15, 0.2) is 0 Å². The maximum atomic E-state index is 9.16. The maximum Gasteiger partial charge on any atom is 0.0895 e. The molecule has 0 aromatic carbocycles. The molecule has 0 aromatic heterocycles. The molecule has 1 unspecified atom stereocenters. The van der Waals surface area contributed by atoms with Crippen LogP contribution in [0.3, 0.4) is 0 Å². The van der Waals surface area contributed by atoms with Crippen molar-refractivity contribution in [2.24, 2.45) is 0 Å². The van der Waals surface area contributed by atoms with Crippen molar-refractivity contribution in [3.05, 3.63) is 0 Å². The Morgan fingerprint density at radius 2 is 1.77 bits per heavy atom. The summed E-state index contributed by atoms with van der Waals surface area (Å²) in [4.78, 5) is 0. The van der Waals surface area contributed by atoms with Gasteiger partial charge in [-0.15, -0.1) is 0 Å². The van der Waals surface area contributed by atoms with Crippen molar-refractivity contribution < 1.29 is 15.3 Å². The van der Waals surface area contributed by atoms with Gasteiger partial charge in [0, 0.05) is 12.1 Å². The minimum atomic E-state index is -0.746. The van der Waals surface area contributed by atoms with E-state index in [0.717, 1.165) is 12.8 Å². The van der Waals surface area contributed by atoms with Gasteiger partial charge in [-0.05, 0) is 12.8 Å². The molecule has 4 N–H and O–H groups in total. The highest BCUT2D eigenvalue weighted by molar-refractivity contribution is 4.85. The van der Waals surface area contributed by atoms with Gasteiger partial charge in [0.15, 0.2) is 0 Å². The van der Waals surface area contributed by atoms with Crippen LogP contribution in [0.25, 0.3) is 0 Å². The summed E-state index contributed by atoms with van der Waals surface area (Å²) in [5.41, 5.74) is -0.309. The Morgan fingerprint density at radius 3 is 2.08 bits per heavy atom. The molecule has 0 aliphatic heterocycles. The predicted octanol–water partition coefficient (Wildman–Crippen LogP) is -0.520. The zero-order chi connectivity index (χ0) is 10.3. The highest BCUT2D eigenvalue weighted by Gasteiger charge is 2.24. The Kier molecular flexibility index (Phi) is 6.24. The number of aliphatic hydroxyl groups is 3. The summed E-state index contributed by atoms with van der Waals surface area (Å²) in [7, 11) is 0. The van der Waals surface area contributed by atoms with E-state index in [1.54, 1.807) is 0 Å². The molecule has 0 saturated carbocycles. The van der Waals surface area contributed by atoms with Crippen LogP contribution in [0.5, 0.6) is 0 Å². The number of β-amino-alcohol motifs (C(OH)–C–C–N with tert-alkyl or cyclic N) is 1. The normalized spacial score (nSPS) is 14.5. The minimum Gasteiger partial charge on any atom is -0.394 e. The Bertz CT molecular complexity index is 118. The third-order valence-electron chi connectivity index (χ3n) is 2.58. The van der Waals surface area contributed by atoms with E-state index >= 15 is 0 Å².